The monoisotopic (exact) mass is 388 g/mol. The van der Waals surface area contributed by atoms with Crippen LogP contribution in [0.1, 0.15) is 29.8 Å². The molecule has 0 N–H and O–H groups in total. The Morgan fingerprint density at radius 3 is 2.07 bits per heavy atom. The van der Waals surface area contributed by atoms with Crippen LogP contribution in [0.4, 0.5) is 0 Å². The molecule has 4 heteroatoms. The fraction of sp³-hybridized carbons (Fsp3) is 0.200. The summed E-state index contributed by atoms with van der Waals surface area (Å²) in [6.07, 6.45) is -0.722. The molecule has 0 spiro atoms. The Morgan fingerprint density at radius 2 is 1.45 bits per heavy atom. The molecule has 29 heavy (non-hydrogen) atoms. The Balaban J connectivity index is 1.56. The smallest absolute Gasteiger partial charge is 0.310 e. The molecule has 0 aliphatic rings. The summed E-state index contributed by atoms with van der Waals surface area (Å²) in [4.78, 5) is 24.7. The number of carbonyl (C=O) groups excluding carboxylic acids is 2. The highest BCUT2D eigenvalue weighted by Gasteiger charge is 2.19. The van der Waals surface area contributed by atoms with Crippen LogP contribution >= 0.6 is 0 Å². The van der Waals surface area contributed by atoms with Gasteiger partial charge >= 0.3 is 5.97 Å². The first-order chi connectivity index (χ1) is 14.1. The highest BCUT2D eigenvalue weighted by atomic mass is 16.5. The van der Waals surface area contributed by atoms with Gasteiger partial charge in [0.25, 0.3) is 0 Å². The summed E-state index contributed by atoms with van der Waals surface area (Å²) in [5, 5.41) is 0. The lowest BCUT2D eigenvalue weighted by Gasteiger charge is -2.13. The fourth-order valence-corrected chi connectivity index (χ4v) is 3.02. The molecular weight excluding hydrogens is 364 g/mol. The lowest BCUT2D eigenvalue weighted by Crippen LogP contribution is -2.25. The van der Waals surface area contributed by atoms with E-state index in [1.165, 1.54) is 0 Å². The Morgan fingerprint density at radius 1 is 0.828 bits per heavy atom. The van der Waals surface area contributed by atoms with E-state index in [-0.39, 0.29) is 12.2 Å². The summed E-state index contributed by atoms with van der Waals surface area (Å²) in [5.74, 6) is 0.0396. The quantitative estimate of drug-likeness (QED) is 0.397. The molecule has 0 unspecified atom stereocenters. The number of hydrogen-bond acceptors (Lipinski definition) is 4. The van der Waals surface area contributed by atoms with Gasteiger partial charge in [-0.15, -0.1) is 0 Å². The molecule has 0 aliphatic carbocycles. The number of rotatable bonds is 8. The van der Waals surface area contributed by atoms with E-state index in [9.17, 15) is 9.59 Å². The molecule has 0 saturated heterocycles. The molecule has 1 atom stereocenters. The van der Waals surface area contributed by atoms with Gasteiger partial charge in [0.05, 0.1) is 13.0 Å². The van der Waals surface area contributed by atoms with Crippen LogP contribution in [-0.4, -0.2) is 24.5 Å². The Labute approximate surface area is 171 Å². The predicted octanol–water partition coefficient (Wildman–Crippen LogP) is 5.11. The van der Waals surface area contributed by atoms with E-state index in [1.54, 1.807) is 31.2 Å². The molecule has 0 saturated carbocycles. The van der Waals surface area contributed by atoms with Crippen LogP contribution in [0.3, 0.4) is 0 Å². The SMILES string of the molecule is CCOc1ccc(C(=O)[C@H](C)OC(=O)Cc2ccc(-c3ccccc3)cc2)cc1. The minimum atomic E-state index is -0.843. The van der Waals surface area contributed by atoms with Gasteiger partial charge in [-0.3, -0.25) is 9.59 Å². The maximum atomic E-state index is 12.5. The number of hydrogen-bond donors (Lipinski definition) is 0. The van der Waals surface area contributed by atoms with Crippen LogP contribution in [0.2, 0.25) is 0 Å². The van der Waals surface area contributed by atoms with Crippen molar-refractivity contribution < 1.29 is 19.1 Å². The van der Waals surface area contributed by atoms with E-state index < -0.39 is 12.1 Å². The van der Waals surface area contributed by atoms with Gasteiger partial charge in [0, 0.05) is 5.56 Å². The lowest BCUT2D eigenvalue weighted by atomic mass is 10.0. The van der Waals surface area contributed by atoms with Crippen molar-refractivity contribution in [1.29, 1.82) is 0 Å². The predicted molar refractivity (Wildman–Crippen MR) is 113 cm³/mol. The number of esters is 1. The van der Waals surface area contributed by atoms with Crippen molar-refractivity contribution in [2.45, 2.75) is 26.4 Å². The van der Waals surface area contributed by atoms with Crippen LogP contribution in [0, 0.1) is 0 Å². The van der Waals surface area contributed by atoms with Crippen molar-refractivity contribution >= 4 is 11.8 Å². The Bertz CT molecular complexity index is 944. The molecule has 0 fully saturated rings. The first-order valence-electron chi connectivity index (χ1n) is 9.67. The number of carbonyl (C=O) groups is 2. The summed E-state index contributed by atoms with van der Waals surface area (Å²) in [5.41, 5.74) is 3.54. The molecule has 4 nitrogen and oxygen atoms in total. The number of ketones is 1. The van der Waals surface area contributed by atoms with E-state index in [4.69, 9.17) is 9.47 Å². The van der Waals surface area contributed by atoms with Crippen LogP contribution < -0.4 is 4.74 Å². The van der Waals surface area contributed by atoms with Crippen LogP contribution in [0.25, 0.3) is 11.1 Å². The van der Waals surface area contributed by atoms with Gasteiger partial charge in [0.2, 0.25) is 5.78 Å². The molecule has 3 aromatic carbocycles. The third-order valence-electron chi connectivity index (χ3n) is 4.54. The van der Waals surface area contributed by atoms with E-state index in [2.05, 4.69) is 0 Å². The number of Topliss-reactive ketones (excluding diaryl/α,β-unsaturated/α-hetero) is 1. The third-order valence-corrected chi connectivity index (χ3v) is 4.54. The van der Waals surface area contributed by atoms with Crippen molar-refractivity contribution in [2.24, 2.45) is 0 Å². The van der Waals surface area contributed by atoms with E-state index >= 15 is 0 Å². The van der Waals surface area contributed by atoms with Gasteiger partial charge in [-0.1, -0.05) is 54.6 Å². The van der Waals surface area contributed by atoms with Gasteiger partial charge in [0.15, 0.2) is 6.10 Å². The van der Waals surface area contributed by atoms with Gasteiger partial charge in [-0.05, 0) is 54.8 Å². The van der Waals surface area contributed by atoms with Crippen LogP contribution in [0.5, 0.6) is 5.75 Å². The molecule has 0 amide bonds. The molecule has 0 aromatic heterocycles. The van der Waals surface area contributed by atoms with Crippen molar-refractivity contribution in [3.05, 3.63) is 90.0 Å². The van der Waals surface area contributed by atoms with Crippen molar-refractivity contribution in [3.63, 3.8) is 0 Å². The normalized spacial score (nSPS) is 11.5. The molecular formula is C25H24O4. The topological polar surface area (TPSA) is 52.6 Å². The first-order valence-corrected chi connectivity index (χ1v) is 9.67. The summed E-state index contributed by atoms with van der Waals surface area (Å²) in [6, 6.07) is 24.6. The average molecular weight is 388 g/mol. The molecule has 148 valence electrons. The zero-order valence-corrected chi connectivity index (χ0v) is 16.6. The zero-order chi connectivity index (χ0) is 20.6. The van der Waals surface area contributed by atoms with Gasteiger partial charge in [-0.2, -0.15) is 0 Å². The van der Waals surface area contributed by atoms with Gasteiger partial charge in [0.1, 0.15) is 5.75 Å². The van der Waals surface area contributed by atoms with E-state index in [0.29, 0.717) is 17.9 Å². The molecule has 0 radical (unpaired) electrons. The average Bonchev–Trinajstić information content (AvgIpc) is 2.75. The summed E-state index contributed by atoms with van der Waals surface area (Å²) >= 11 is 0. The second-order valence-electron chi connectivity index (χ2n) is 6.69. The van der Waals surface area contributed by atoms with Gasteiger partial charge in [-0.25, -0.2) is 0 Å². The Kier molecular flexibility index (Phi) is 6.80. The summed E-state index contributed by atoms with van der Waals surface area (Å²) in [6.45, 7) is 4.05. The van der Waals surface area contributed by atoms with Crippen LogP contribution in [0.15, 0.2) is 78.9 Å². The second kappa shape index (κ2) is 9.69. The van der Waals surface area contributed by atoms with Crippen molar-refractivity contribution in [3.8, 4) is 16.9 Å². The molecule has 3 aromatic rings. The molecule has 0 aliphatic heterocycles. The molecule has 3 rings (SSSR count). The number of benzene rings is 3. The standard InChI is InChI=1S/C25H24O4/c1-3-28-23-15-13-22(14-16-23)25(27)18(2)29-24(26)17-19-9-11-21(12-10-19)20-7-5-4-6-8-20/h4-16,18H,3,17H2,1-2H3/t18-/m0/s1. The minimum Gasteiger partial charge on any atom is -0.494 e. The Hall–Kier alpha value is -3.40. The molecule has 0 heterocycles. The maximum absolute atomic E-state index is 12.5. The lowest BCUT2D eigenvalue weighted by molar-refractivity contribution is -0.145. The second-order valence-corrected chi connectivity index (χ2v) is 6.69. The highest BCUT2D eigenvalue weighted by molar-refractivity contribution is 6.00. The van der Waals surface area contributed by atoms with Gasteiger partial charge < -0.3 is 9.47 Å². The number of ether oxygens (including phenoxy) is 2. The summed E-state index contributed by atoms with van der Waals surface area (Å²) < 4.78 is 10.7. The first kappa shape index (κ1) is 20.3. The maximum Gasteiger partial charge on any atom is 0.310 e. The highest BCUT2D eigenvalue weighted by Crippen LogP contribution is 2.20. The zero-order valence-electron chi connectivity index (χ0n) is 16.6. The van der Waals surface area contributed by atoms with E-state index in [1.807, 2.05) is 61.5 Å². The fourth-order valence-electron chi connectivity index (χ4n) is 3.02. The van der Waals surface area contributed by atoms with Crippen molar-refractivity contribution in [1.82, 2.24) is 0 Å². The minimum absolute atomic E-state index is 0.121. The van der Waals surface area contributed by atoms with E-state index in [0.717, 1.165) is 16.7 Å². The molecule has 0 bridgehead atoms. The van der Waals surface area contributed by atoms with Crippen LogP contribution in [-0.2, 0) is 16.0 Å². The largest absolute Gasteiger partial charge is 0.494 e. The van der Waals surface area contributed by atoms with Crippen molar-refractivity contribution in [2.75, 3.05) is 6.61 Å². The third kappa shape index (κ3) is 5.55. The summed E-state index contributed by atoms with van der Waals surface area (Å²) in [7, 11) is 0.